The van der Waals surface area contributed by atoms with E-state index in [0.29, 0.717) is 0 Å². The molecule has 2 heterocycles. The summed E-state index contributed by atoms with van der Waals surface area (Å²) < 4.78 is 0. The lowest BCUT2D eigenvalue weighted by Crippen LogP contribution is -2.23. The maximum absolute atomic E-state index is 2.49. The molecule has 0 amide bonds. The van der Waals surface area contributed by atoms with Crippen molar-refractivity contribution in [1.82, 2.24) is 0 Å². The van der Waals surface area contributed by atoms with Crippen LogP contribution in [-0.2, 0) is 0 Å². The SMILES string of the molecule is CC.CCCCC.CCCCC1CCP(c2ccccc2P2CCC(C)C2)C1. The second kappa shape index (κ2) is 15.9. The lowest BCUT2D eigenvalue weighted by molar-refractivity contribution is 0.517. The molecule has 162 valence electrons. The van der Waals surface area contributed by atoms with E-state index in [9.17, 15) is 0 Å². The molecule has 2 aliphatic heterocycles. The van der Waals surface area contributed by atoms with Crippen LogP contribution >= 0.6 is 15.8 Å². The molecule has 0 saturated carbocycles. The molecular weight excluding hydrogens is 374 g/mol. The van der Waals surface area contributed by atoms with Crippen LogP contribution in [0.15, 0.2) is 24.3 Å². The van der Waals surface area contributed by atoms with E-state index in [4.69, 9.17) is 0 Å². The Kier molecular flexibility index (Phi) is 14.8. The van der Waals surface area contributed by atoms with Crippen LogP contribution in [-0.4, -0.2) is 24.6 Å². The molecule has 28 heavy (non-hydrogen) atoms. The van der Waals surface area contributed by atoms with Gasteiger partial charge in [-0.2, -0.15) is 0 Å². The van der Waals surface area contributed by atoms with Gasteiger partial charge < -0.3 is 0 Å². The molecule has 4 atom stereocenters. The van der Waals surface area contributed by atoms with Crippen LogP contribution in [0.25, 0.3) is 0 Å². The average molecular weight is 423 g/mol. The summed E-state index contributed by atoms with van der Waals surface area (Å²) in [5.41, 5.74) is 0. The van der Waals surface area contributed by atoms with E-state index in [0.717, 1.165) is 11.8 Å². The highest BCUT2D eigenvalue weighted by atomic mass is 31.1. The second-order valence-electron chi connectivity index (χ2n) is 8.43. The summed E-state index contributed by atoms with van der Waals surface area (Å²) in [6.45, 7) is 13.2. The third-order valence-electron chi connectivity index (χ3n) is 5.95. The minimum Gasteiger partial charge on any atom is -0.0743 e. The van der Waals surface area contributed by atoms with E-state index in [1.54, 1.807) is 5.30 Å². The van der Waals surface area contributed by atoms with Gasteiger partial charge in [-0.25, -0.2) is 0 Å². The predicted octanol–water partition coefficient (Wildman–Crippen LogP) is 8.37. The van der Waals surface area contributed by atoms with Crippen molar-refractivity contribution in [1.29, 1.82) is 0 Å². The highest BCUT2D eigenvalue weighted by Gasteiger charge is 2.30. The molecule has 4 unspecified atom stereocenters. The Hall–Kier alpha value is 0.0800. The first-order chi connectivity index (χ1) is 13.7. The molecule has 2 aliphatic rings. The highest BCUT2D eigenvalue weighted by molar-refractivity contribution is 7.72. The van der Waals surface area contributed by atoms with E-state index < -0.39 is 0 Å². The van der Waals surface area contributed by atoms with Gasteiger partial charge in [0.25, 0.3) is 0 Å². The Morgan fingerprint density at radius 3 is 1.79 bits per heavy atom. The van der Waals surface area contributed by atoms with Gasteiger partial charge in [0.2, 0.25) is 0 Å². The van der Waals surface area contributed by atoms with Crippen molar-refractivity contribution in [2.24, 2.45) is 11.8 Å². The van der Waals surface area contributed by atoms with Crippen LogP contribution in [0.1, 0.15) is 92.9 Å². The Morgan fingerprint density at radius 2 is 1.32 bits per heavy atom. The predicted molar refractivity (Wildman–Crippen MR) is 137 cm³/mol. The summed E-state index contributed by atoms with van der Waals surface area (Å²) >= 11 is 0. The quantitative estimate of drug-likeness (QED) is 0.387. The Balaban J connectivity index is 0.000000490. The minimum absolute atomic E-state index is 0.169. The molecule has 0 spiro atoms. The molecule has 2 fully saturated rings. The zero-order valence-corrected chi connectivity index (χ0v) is 21.6. The largest absolute Gasteiger partial charge is 0.0743 e. The number of hydrogen-bond acceptors (Lipinski definition) is 0. The number of unbranched alkanes of at least 4 members (excludes halogenated alkanes) is 3. The van der Waals surface area contributed by atoms with Crippen molar-refractivity contribution in [2.75, 3.05) is 24.6 Å². The minimum atomic E-state index is 0.169. The van der Waals surface area contributed by atoms with Gasteiger partial charge in [0, 0.05) is 0 Å². The molecule has 2 saturated heterocycles. The molecule has 2 heteroatoms. The van der Waals surface area contributed by atoms with E-state index in [1.165, 1.54) is 76.0 Å². The summed E-state index contributed by atoms with van der Waals surface area (Å²) in [5.74, 6) is 2.01. The maximum atomic E-state index is 2.49. The average Bonchev–Trinajstić information content (AvgIpc) is 3.38. The van der Waals surface area contributed by atoms with Crippen molar-refractivity contribution < 1.29 is 0 Å². The fourth-order valence-corrected chi connectivity index (χ4v) is 11.1. The first kappa shape index (κ1) is 26.1. The van der Waals surface area contributed by atoms with Gasteiger partial charge in [-0.3, -0.25) is 0 Å². The Bertz CT molecular complexity index is 497. The smallest absolute Gasteiger partial charge is 0.0164 e. The first-order valence-corrected chi connectivity index (χ1v) is 15.7. The van der Waals surface area contributed by atoms with Crippen LogP contribution in [0.4, 0.5) is 0 Å². The van der Waals surface area contributed by atoms with Gasteiger partial charge in [-0.15, -0.1) is 0 Å². The fraction of sp³-hybridized carbons (Fsp3) is 0.769. The van der Waals surface area contributed by atoms with E-state index in [2.05, 4.69) is 52.0 Å². The van der Waals surface area contributed by atoms with Gasteiger partial charge in [0.1, 0.15) is 0 Å². The van der Waals surface area contributed by atoms with Crippen LogP contribution in [0.5, 0.6) is 0 Å². The summed E-state index contributed by atoms with van der Waals surface area (Å²) in [6.07, 6.45) is 17.4. The molecule has 0 aromatic heterocycles. The lowest BCUT2D eigenvalue weighted by Gasteiger charge is -2.21. The van der Waals surface area contributed by atoms with Crippen molar-refractivity contribution in [2.45, 2.75) is 92.9 Å². The molecule has 0 aliphatic carbocycles. The van der Waals surface area contributed by atoms with E-state index in [1.807, 2.05) is 19.2 Å². The zero-order valence-electron chi connectivity index (χ0n) is 19.8. The first-order valence-electron chi connectivity index (χ1n) is 12.3. The highest BCUT2D eigenvalue weighted by Crippen LogP contribution is 2.50. The van der Waals surface area contributed by atoms with Gasteiger partial charge in [-0.05, 0) is 59.9 Å². The zero-order chi connectivity index (χ0) is 20.8. The number of benzene rings is 1. The molecule has 0 radical (unpaired) electrons. The topological polar surface area (TPSA) is 0 Å². The maximum Gasteiger partial charge on any atom is -0.0164 e. The standard InChI is InChI=1S/C19H30P2.C5H12.C2H6/c1-3-4-7-17-11-13-21(15-17)19-9-6-5-8-18(19)20-12-10-16(2)14-20;1-3-5-4-2;1-2/h5-6,8-9,16-17H,3-4,7,10-15H2,1-2H3;3-5H2,1-2H3;1-2H3. The summed E-state index contributed by atoms with van der Waals surface area (Å²) in [7, 11) is 0.343. The fourth-order valence-electron chi connectivity index (χ4n) is 4.29. The van der Waals surface area contributed by atoms with Crippen LogP contribution in [0.2, 0.25) is 0 Å². The van der Waals surface area contributed by atoms with Gasteiger partial charge in [0.15, 0.2) is 0 Å². The van der Waals surface area contributed by atoms with Crippen LogP contribution in [0, 0.1) is 11.8 Å². The summed E-state index contributed by atoms with van der Waals surface area (Å²) in [5, 5.41) is 3.62. The monoisotopic (exact) mass is 422 g/mol. The van der Waals surface area contributed by atoms with Gasteiger partial charge in [0.05, 0.1) is 0 Å². The third kappa shape index (κ3) is 8.84. The summed E-state index contributed by atoms with van der Waals surface area (Å²) in [6, 6.07) is 9.58. The molecular formula is C26H48P2. The van der Waals surface area contributed by atoms with Crippen molar-refractivity contribution >= 4 is 26.5 Å². The van der Waals surface area contributed by atoms with Crippen molar-refractivity contribution in [3.63, 3.8) is 0 Å². The number of hydrogen-bond donors (Lipinski definition) is 0. The van der Waals surface area contributed by atoms with Gasteiger partial charge in [-0.1, -0.05) is 120 Å². The second-order valence-corrected chi connectivity index (χ2v) is 13.2. The molecule has 1 aromatic carbocycles. The molecule has 0 bridgehead atoms. The van der Waals surface area contributed by atoms with Crippen LogP contribution in [0.3, 0.4) is 0 Å². The Labute approximate surface area is 180 Å². The lowest BCUT2D eigenvalue weighted by atomic mass is 10.0. The molecule has 1 aromatic rings. The summed E-state index contributed by atoms with van der Waals surface area (Å²) in [4.78, 5) is 0. The van der Waals surface area contributed by atoms with Crippen molar-refractivity contribution in [3.8, 4) is 0 Å². The Morgan fingerprint density at radius 1 is 0.786 bits per heavy atom. The normalized spacial score (nSPS) is 26.2. The van der Waals surface area contributed by atoms with Crippen LogP contribution < -0.4 is 10.6 Å². The van der Waals surface area contributed by atoms with E-state index in [-0.39, 0.29) is 15.8 Å². The third-order valence-corrected chi connectivity index (χ3v) is 11.9. The molecule has 0 N–H and O–H groups in total. The van der Waals surface area contributed by atoms with Crippen molar-refractivity contribution in [3.05, 3.63) is 24.3 Å². The van der Waals surface area contributed by atoms with E-state index >= 15 is 0 Å². The van der Waals surface area contributed by atoms with Gasteiger partial charge >= 0.3 is 0 Å². The molecule has 0 nitrogen and oxygen atoms in total. The number of rotatable bonds is 7. The molecule has 3 rings (SSSR count).